The lowest BCUT2D eigenvalue weighted by Gasteiger charge is -2.37. The molecule has 0 aromatic heterocycles. The summed E-state index contributed by atoms with van der Waals surface area (Å²) in [5, 5.41) is 0. The molecule has 0 amide bonds. The number of rotatable bonds is 1. The zero-order chi connectivity index (χ0) is 13.8. The first kappa shape index (κ1) is 12.8. The summed E-state index contributed by atoms with van der Waals surface area (Å²) in [7, 11) is 0. The largest absolute Gasteiger partial charge is 0.472 e. The van der Waals surface area contributed by atoms with Crippen molar-refractivity contribution in [1.29, 1.82) is 0 Å². The van der Waals surface area contributed by atoms with Crippen molar-refractivity contribution in [3.63, 3.8) is 0 Å². The molecule has 0 saturated carbocycles. The Bertz CT molecular complexity index is 520. The molecule has 1 heteroatoms. The molecule has 0 spiro atoms. The molecule has 0 bridgehead atoms. The Balaban J connectivity index is 2.16. The van der Waals surface area contributed by atoms with Crippen molar-refractivity contribution >= 4 is 0 Å². The van der Waals surface area contributed by atoms with E-state index in [1.165, 1.54) is 16.7 Å². The second-order valence-electron chi connectivity index (χ2n) is 7.40. The van der Waals surface area contributed by atoms with Crippen LogP contribution < -0.4 is 0 Å². The Morgan fingerprint density at radius 3 is 2.58 bits per heavy atom. The Morgan fingerprint density at radius 2 is 1.95 bits per heavy atom. The Morgan fingerprint density at radius 1 is 1.21 bits per heavy atom. The van der Waals surface area contributed by atoms with Crippen LogP contribution in [0.25, 0.3) is 0 Å². The highest BCUT2D eigenvalue weighted by Crippen LogP contribution is 2.57. The van der Waals surface area contributed by atoms with E-state index in [1.807, 2.05) is 12.5 Å². The molecule has 0 aromatic rings. The number of ether oxygens (including phenoxy) is 1. The molecular formula is C18H24O. The molecule has 102 valence electrons. The van der Waals surface area contributed by atoms with Gasteiger partial charge in [-0.3, -0.25) is 0 Å². The summed E-state index contributed by atoms with van der Waals surface area (Å²) in [5.41, 5.74) is 6.14. The van der Waals surface area contributed by atoms with E-state index in [-0.39, 0.29) is 0 Å². The van der Waals surface area contributed by atoms with Crippen LogP contribution in [0.15, 0.2) is 47.0 Å². The van der Waals surface area contributed by atoms with Gasteiger partial charge >= 0.3 is 0 Å². The molecule has 1 nitrogen and oxygen atoms in total. The predicted octanol–water partition coefficient (Wildman–Crippen LogP) is 4.99. The molecule has 0 radical (unpaired) electrons. The molecule has 3 rings (SSSR count). The smallest absolute Gasteiger partial charge is 0.0979 e. The average Bonchev–Trinajstić information content (AvgIpc) is 2.67. The van der Waals surface area contributed by atoms with Gasteiger partial charge < -0.3 is 4.74 Å². The number of hydrogen-bond acceptors (Lipinski definition) is 1. The second-order valence-corrected chi connectivity index (χ2v) is 7.40. The highest BCUT2D eigenvalue weighted by atomic mass is 16.5. The lowest BCUT2D eigenvalue weighted by molar-refractivity contribution is 0.188. The minimum atomic E-state index is 0.297. The van der Waals surface area contributed by atoms with E-state index in [2.05, 4.69) is 46.8 Å². The first-order chi connectivity index (χ1) is 8.91. The SMILES string of the molecule is CC(C)C1C2=COC=C3C=CCC(=C32)C1C(C)(C)C. The van der Waals surface area contributed by atoms with Crippen molar-refractivity contribution in [3.8, 4) is 0 Å². The molecule has 19 heavy (non-hydrogen) atoms. The van der Waals surface area contributed by atoms with Crippen molar-refractivity contribution in [2.75, 3.05) is 0 Å². The van der Waals surface area contributed by atoms with Crippen LogP contribution in [0.3, 0.4) is 0 Å². The van der Waals surface area contributed by atoms with Gasteiger partial charge in [0.05, 0.1) is 12.5 Å². The molecule has 0 aromatic carbocycles. The maximum atomic E-state index is 5.60. The molecule has 0 N–H and O–H groups in total. The molecule has 1 heterocycles. The van der Waals surface area contributed by atoms with Crippen molar-refractivity contribution in [3.05, 3.63) is 47.0 Å². The number of hydrogen-bond donors (Lipinski definition) is 0. The zero-order valence-electron chi connectivity index (χ0n) is 12.7. The van der Waals surface area contributed by atoms with E-state index in [9.17, 15) is 0 Å². The first-order valence-electron chi connectivity index (χ1n) is 7.37. The van der Waals surface area contributed by atoms with Crippen LogP contribution in [0.4, 0.5) is 0 Å². The third-order valence-electron chi connectivity index (χ3n) is 4.67. The van der Waals surface area contributed by atoms with Crippen molar-refractivity contribution in [2.24, 2.45) is 23.2 Å². The molecule has 3 aliphatic rings. The summed E-state index contributed by atoms with van der Waals surface area (Å²) >= 11 is 0. The van der Waals surface area contributed by atoms with E-state index < -0.39 is 0 Å². The van der Waals surface area contributed by atoms with Crippen molar-refractivity contribution in [1.82, 2.24) is 0 Å². The molecular weight excluding hydrogens is 232 g/mol. The summed E-state index contributed by atoms with van der Waals surface area (Å²) in [5.74, 6) is 1.86. The highest BCUT2D eigenvalue weighted by Gasteiger charge is 2.47. The van der Waals surface area contributed by atoms with Crippen LogP contribution >= 0.6 is 0 Å². The van der Waals surface area contributed by atoms with Gasteiger partial charge in [0.1, 0.15) is 0 Å². The average molecular weight is 256 g/mol. The van der Waals surface area contributed by atoms with Crippen molar-refractivity contribution < 1.29 is 4.74 Å². The quantitative estimate of drug-likeness (QED) is 0.642. The summed E-state index contributed by atoms with van der Waals surface area (Å²) in [4.78, 5) is 0. The van der Waals surface area contributed by atoms with Gasteiger partial charge in [0.15, 0.2) is 0 Å². The van der Waals surface area contributed by atoms with E-state index >= 15 is 0 Å². The van der Waals surface area contributed by atoms with Crippen LogP contribution in [0.1, 0.15) is 41.0 Å². The topological polar surface area (TPSA) is 9.23 Å². The van der Waals surface area contributed by atoms with Crippen LogP contribution in [0.5, 0.6) is 0 Å². The molecule has 2 unspecified atom stereocenters. The van der Waals surface area contributed by atoms with E-state index in [0.29, 0.717) is 23.2 Å². The van der Waals surface area contributed by atoms with Gasteiger partial charge in [0, 0.05) is 5.57 Å². The monoisotopic (exact) mass is 256 g/mol. The molecule has 2 aliphatic carbocycles. The van der Waals surface area contributed by atoms with Gasteiger partial charge in [0.2, 0.25) is 0 Å². The highest BCUT2D eigenvalue weighted by molar-refractivity contribution is 5.63. The molecule has 2 atom stereocenters. The number of allylic oxidation sites excluding steroid dienone is 6. The van der Waals surface area contributed by atoms with Gasteiger partial charge in [-0.2, -0.15) is 0 Å². The third-order valence-corrected chi connectivity index (χ3v) is 4.67. The van der Waals surface area contributed by atoms with Crippen LogP contribution in [0.2, 0.25) is 0 Å². The van der Waals surface area contributed by atoms with Crippen LogP contribution in [-0.4, -0.2) is 0 Å². The summed E-state index contributed by atoms with van der Waals surface area (Å²) in [6.45, 7) is 11.8. The summed E-state index contributed by atoms with van der Waals surface area (Å²) in [6.07, 6.45) is 9.51. The van der Waals surface area contributed by atoms with Crippen LogP contribution in [0, 0.1) is 23.2 Å². The molecule has 0 saturated heterocycles. The van der Waals surface area contributed by atoms with Crippen molar-refractivity contribution in [2.45, 2.75) is 41.0 Å². The fraction of sp³-hybridized carbons (Fsp3) is 0.556. The molecule has 1 aliphatic heterocycles. The lowest BCUT2D eigenvalue weighted by atomic mass is 9.67. The Hall–Kier alpha value is -1.24. The van der Waals surface area contributed by atoms with Gasteiger partial charge in [-0.25, -0.2) is 0 Å². The maximum Gasteiger partial charge on any atom is 0.0979 e. The predicted molar refractivity (Wildman–Crippen MR) is 79.3 cm³/mol. The molecule has 0 fully saturated rings. The van der Waals surface area contributed by atoms with Crippen LogP contribution in [-0.2, 0) is 4.74 Å². The van der Waals surface area contributed by atoms with Gasteiger partial charge in [0.25, 0.3) is 0 Å². The second kappa shape index (κ2) is 4.13. The van der Waals surface area contributed by atoms with E-state index in [0.717, 1.165) is 6.42 Å². The lowest BCUT2D eigenvalue weighted by Crippen LogP contribution is -2.30. The van der Waals surface area contributed by atoms with Gasteiger partial charge in [-0.1, -0.05) is 52.3 Å². The normalized spacial score (nSPS) is 29.2. The van der Waals surface area contributed by atoms with Gasteiger partial charge in [-0.05, 0) is 40.7 Å². The minimum absolute atomic E-state index is 0.297. The Kier molecular flexibility index (Phi) is 2.78. The fourth-order valence-corrected chi connectivity index (χ4v) is 4.10. The van der Waals surface area contributed by atoms with Gasteiger partial charge in [-0.15, -0.1) is 0 Å². The van der Waals surface area contributed by atoms with E-state index in [1.54, 1.807) is 5.57 Å². The zero-order valence-corrected chi connectivity index (χ0v) is 12.7. The maximum absolute atomic E-state index is 5.60. The Labute approximate surface area is 116 Å². The standard InChI is InChI=1S/C18H24O/c1-11(2)15-14-10-19-9-12-7-6-8-13(16(12)14)17(15)18(3,4)5/h6-7,9-11,15,17H,8H2,1-5H3. The fourth-order valence-electron chi connectivity index (χ4n) is 4.10. The first-order valence-corrected chi connectivity index (χ1v) is 7.37. The minimum Gasteiger partial charge on any atom is -0.472 e. The summed E-state index contributed by atoms with van der Waals surface area (Å²) in [6, 6.07) is 0. The van der Waals surface area contributed by atoms with E-state index in [4.69, 9.17) is 4.74 Å². The third kappa shape index (κ3) is 1.82. The summed E-state index contributed by atoms with van der Waals surface area (Å²) < 4.78 is 5.60.